The zero-order chi connectivity index (χ0) is 21.3. The molecule has 2 atom stereocenters. The third-order valence-corrected chi connectivity index (χ3v) is 6.68. The minimum atomic E-state index is 0.0712. The molecule has 3 rings (SSSR count). The molecule has 1 fully saturated rings. The molecule has 0 spiro atoms. The van der Waals surface area contributed by atoms with Crippen molar-refractivity contribution in [3.63, 3.8) is 0 Å². The summed E-state index contributed by atoms with van der Waals surface area (Å²) in [6.45, 7) is 7.99. The lowest BCUT2D eigenvalue weighted by atomic mass is 10.0. The first-order valence-corrected chi connectivity index (χ1v) is 11.9. The van der Waals surface area contributed by atoms with Gasteiger partial charge in [-0.05, 0) is 62.3 Å². The molecule has 1 aliphatic heterocycles. The lowest BCUT2D eigenvalue weighted by molar-refractivity contribution is -0.128. The van der Waals surface area contributed by atoms with E-state index in [0.717, 1.165) is 36.3 Å². The summed E-state index contributed by atoms with van der Waals surface area (Å²) < 4.78 is 5.96. The highest BCUT2D eigenvalue weighted by molar-refractivity contribution is 8.00. The predicted molar refractivity (Wildman–Crippen MR) is 127 cm³/mol. The Morgan fingerprint density at radius 2 is 1.87 bits per heavy atom. The largest absolute Gasteiger partial charge is 0.494 e. The smallest absolute Gasteiger partial charge is 0.234 e. The molecule has 0 bridgehead atoms. The number of carbonyl (C=O) groups is 1. The van der Waals surface area contributed by atoms with Gasteiger partial charge in [0.05, 0.1) is 12.4 Å². The van der Waals surface area contributed by atoms with Gasteiger partial charge in [0.15, 0.2) is 0 Å². The van der Waals surface area contributed by atoms with E-state index in [2.05, 4.69) is 51.1 Å². The fraction of sp³-hybridized carbons (Fsp3) is 0.423. The highest BCUT2D eigenvalue weighted by Gasteiger charge is 2.32. The van der Waals surface area contributed by atoms with Crippen molar-refractivity contribution in [1.82, 2.24) is 4.90 Å². The summed E-state index contributed by atoms with van der Waals surface area (Å²) in [7, 11) is 0. The van der Waals surface area contributed by atoms with Crippen molar-refractivity contribution in [3.05, 3.63) is 77.4 Å². The summed E-state index contributed by atoms with van der Waals surface area (Å²) in [5.74, 6) is 2.31. The van der Waals surface area contributed by atoms with Crippen LogP contribution >= 0.6 is 11.8 Å². The molecule has 0 N–H and O–H groups in total. The van der Waals surface area contributed by atoms with Crippen molar-refractivity contribution in [1.29, 1.82) is 0 Å². The first-order valence-electron chi connectivity index (χ1n) is 10.8. The third kappa shape index (κ3) is 6.66. The Kier molecular flexibility index (Phi) is 8.44. The van der Waals surface area contributed by atoms with Gasteiger partial charge in [-0.1, -0.05) is 61.0 Å². The van der Waals surface area contributed by atoms with Gasteiger partial charge in [0.2, 0.25) is 5.91 Å². The van der Waals surface area contributed by atoms with Crippen molar-refractivity contribution >= 4 is 17.7 Å². The highest BCUT2D eigenvalue weighted by Crippen LogP contribution is 2.40. The Labute approximate surface area is 185 Å². The first-order chi connectivity index (χ1) is 14.5. The minimum Gasteiger partial charge on any atom is -0.494 e. The summed E-state index contributed by atoms with van der Waals surface area (Å²) in [6.07, 6.45) is 5.73. The molecule has 3 nitrogen and oxygen atoms in total. The molecule has 1 saturated heterocycles. The van der Waals surface area contributed by atoms with Gasteiger partial charge in [-0.2, -0.15) is 0 Å². The molecular weight excluding hydrogens is 390 g/mol. The van der Waals surface area contributed by atoms with Gasteiger partial charge in [-0.3, -0.25) is 4.79 Å². The number of allylic oxidation sites excluding steroid dienone is 2. The first kappa shape index (κ1) is 22.5. The van der Waals surface area contributed by atoms with Crippen molar-refractivity contribution in [2.75, 3.05) is 12.4 Å². The van der Waals surface area contributed by atoms with Gasteiger partial charge in [0, 0.05) is 6.54 Å². The average Bonchev–Trinajstić information content (AvgIpc) is 3.09. The van der Waals surface area contributed by atoms with E-state index in [-0.39, 0.29) is 11.3 Å². The molecule has 1 amide bonds. The Hall–Kier alpha value is -2.20. The van der Waals surface area contributed by atoms with Crippen LogP contribution in [0.2, 0.25) is 0 Å². The van der Waals surface area contributed by atoms with Gasteiger partial charge in [-0.25, -0.2) is 0 Å². The van der Waals surface area contributed by atoms with Crippen LogP contribution in [0.25, 0.3) is 0 Å². The maximum absolute atomic E-state index is 12.4. The van der Waals surface area contributed by atoms with Crippen LogP contribution in [0.3, 0.4) is 0 Å². The molecule has 1 heterocycles. The summed E-state index contributed by atoms with van der Waals surface area (Å²) >= 11 is 1.70. The van der Waals surface area contributed by atoms with Gasteiger partial charge >= 0.3 is 0 Å². The van der Waals surface area contributed by atoms with Gasteiger partial charge in [0.25, 0.3) is 0 Å². The summed E-state index contributed by atoms with van der Waals surface area (Å²) in [4.78, 5) is 14.4. The van der Waals surface area contributed by atoms with Crippen LogP contribution in [0.5, 0.6) is 5.75 Å². The SMILES string of the molecule is CC(C)=CCCC(C)CCOc1ccc(C2SCC(=O)N2Cc2ccccc2)cc1. The normalized spacial score (nSPS) is 17.1. The summed E-state index contributed by atoms with van der Waals surface area (Å²) in [5, 5.41) is 0.0712. The Morgan fingerprint density at radius 1 is 1.13 bits per heavy atom. The van der Waals surface area contributed by atoms with Crippen LogP contribution < -0.4 is 4.74 Å². The molecule has 2 unspecified atom stereocenters. The molecule has 1 aliphatic rings. The maximum atomic E-state index is 12.4. The van der Waals surface area contributed by atoms with E-state index in [1.54, 1.807) is 11.8 Å². The van der Waals surface area contributed by atoms with Crippen molar-refractivity contribution in [3.8, 4) is 5.75 Å². The molecule has 30 heavy (non-hydrogen) atoms. The lowest BCUT2D eigenvalue weighted by Gasteiger charge is -2.24. The van der Waals surface area contributed by atoms with Crippen molar-refractivity contribution in [2.24, 2.45) is 5.92 Å². The minimum absolute atomic E-state index is 0.0712. The number of benzene rings is 2. The Balaban J connectivity index is 1.51. The van der Waals surface area contributed by atoms with Crippen LogP contribution in [-0.4, -0.2) is 23.2 Å². The number of rotatable bonds is 10. The molecule has 4 heteroatoms. The van der Waals surface area contributed by atoms with Crippen LogP contribution in [0.4, 0.5) is 0 Å². The van der Waals surface area contributed by atoms with E-state index >= 15 is 0 Å². The number of ether oxygens (including phenoxy) is 1. The number of hydrogen-bond acceptors (Lipinski definition) is 3. The molecule has 2 aromatic rings. The third-order valence-electron chi connectivity index (χ3n) is 5.42. The van der Waals surface area contributed by atoms with Crippen molar-refractivity contribution < 1.29 is 9.53 Å². The predicted octanol–water partition coefficient (Wildman–Crippen LogP) is 6.61. The molecule has 0 aromatic heterocycles. The Bertz CT molecular complexity index is 828. The second-order valence-electron chi connectivity index (χ2n) is 8.34. The van der Waals surface area contributed by atoms with Crippen LogP contribution in [0.15, 0.2) is 66.2 Å². The zero-order valence-corrected chi connectivity index (χ0v) is 19.2. The van der Waals surface area contributed by atoms with Crippen molar-refractivity contribution in [2.45, 2.75) is 52.0 Å². The number of amides is 1. The van der Waals surface area contributed by atoms with E-state index in [4.69, 9.17) is 4.74 Å². The van der Waals surface area contributed by atoms with E-state index < -0.39 is 0 Å². The van der Waals surface area contributed by atoms with E-state index in [0.29, 0.717) is 18.2 Å². The van der Waals surface area contributed by atoms with E-state index in [9.17, 15) is 4.79 Å². The summed E-state index contributed by atoms with van der Waals surface area (Å²) in [5.41, 5.74) is 3.71. The van der Waals surface area contributed by atoms with Crippen LogP contribution in [0, 0.1) is 5.92 Å². The number of carbonyl (C=O) groups excluding carboxylic acids is 1. The highest BCUT2D eigenvalue weighted by atomic mass is 32.2. The van der Waals surface area contributed by atoms with Crippen LogP contribution in [-0.2, 0) is 11.3 Å². The summed E-state index contributed by atoms with van der Waals surface area (Å²) in [6, 6.07) is 18.5. The molecule has 0 aliphatic carbocycles. The molecular formula is C26H33NO2S. The fourth-order valence-corrected chi connectivity index (χ4v) is 4.78. The quantitative estimate of drug-likeness (QED) is 0.403. The monoisotopic (exact) mass is 423 g/mol. The standard InChI is InChI=1S/C26H33NO2S/c1-20(2)8-7-9-21(3)16-17-29-24-14-12-23(13-15-24)26-27(25(28)19-30-26)18-22-10-5-4-6-11-22/h4-6,8,10-15,21,26H,7,9,16-19H2,1-3H3. The maximum Gasteiger partial charge on any atom is 0.234 e. The molecule has 160 valence electrons. The number of thioether (sulfide) groups is 1. The fourth-order valence-electron chi connectivity index (χ4n) is 3.59. The topological polar surface area (TPSA) is 29.5 Å². The van der Waals surface area contributed by atoms with Gasteiger partial charge < -0.3 is 9.64 Å². The van der Waals surface area contributed by atoms with E-state index in [1.807, 2.05) is 35.2 Å². The molecule has 0 radical (unpaired) electrons. The second kappa shape index (κ2) is 11.3. The number of nitrogens with zero attached hydrogens (tertiary/aromatic N) is 1. The van der Waals surface area contributed by atoms with E-state index in [1.165, 1.54) is 12.0 Å². The number of hydrogen-bond donors (Lipinski definition) is 0. The van der Waals surface area contributed by atoms with Gasteiger partial charge in [0.1, 0.15) is 11.1 Å². The Morgan fingerprint density at radius 3 is 2.57 bits per heavy atom. The van der Waals surface area contributed by atoms with Gasteiger partial charge in [-0.15, -0.1) is 11.8 Å². The zero-order valence-electron chi connectivity index (χ0n) is 18.3. The average molecular weight is 424 g/mol. The van der Waals surface area contributed by atoms with Crippen LogP contribution in [0.1, 0.15) is 56.5 Å². The lowest BCUT2D eigenvalue weighted by Crippen LogP contribution is -2.27. The molecule has 0 saturated carbocycles. The molecule has 2 aromatic carbocycles. The second-order valence-corrected chi connectivity index (χ2v) is 9.41.